The van der Waals surface area contributed by atoms with Gasteiger partial charge in [0.2, 0.25) is 0 Å². The minimum Gasteiger partial charge on any atom is -0.354 e. The van der Waals surface area contributed by atoms with Crippen molar-refractivity contribution in [2.75, 3.05) is 20.1 Å². The number of guanidine groups is 1. The largest absolute Gasteiger partial charge is 0.354 e. The van der Waals surface area contributed by atoms with Crippen LogP contribution in [0.15, 0.2) is 21.8 Å². The summed E-state index contributed by atoms with van der Waals surface area (Å²) in [5.41, 5.74) is 5.25. The Hall–Kier alpha value is -1.13. The molecule has 0 bridgehead atoms. The van der Waals surface area contributed by atoms with Crippen LogP contribution in [0.3, 0.4) is 0 Å². The molecule has 2 aromatic rings. The number of hydrogen-bond acceptors (Lipinski definition) is 4. The van der Waals surface area contributed by atoms with E-state index < -0.39 is 0 Å². The third-order valence-corrected chi connectivity index (χ3v) is 6.33. The summed E-state index contributed by atoms with van der Waals surface area (Å²) >= 11 is 1.78. The van der Waals surface area contributed by atoms with Gasteiger partial charge in [0, 0.05) is 57.6 Å². The summed E-state index contributed by atoms with van der Waals surface area (Å²) in [6.07, 6.45) is 4.25. The number of aryl methyl sites for hydroxylation is 2. The Bertz CT molecular complexity index is 762. The highest BCUT2D eigenvalue weighted by Gasteiger charge is 2.20. The highest BCUT2D eigenvalue weighted by molar-refractivity contribution is 14.0. The number of hydrogen-bond donors (Lipinski definition) is 2. The number of halogens is 1. The molecule has 6 nitrogen and oxygen atoms in total. The lowest BCUT2D eigenvalue weighted by Gasteiger charge is -2.33. The van der Waals surface area contributed by atoms with Gasteiger partial charge in [0.1, 0.15) is 0 Å². The fourth-order valence-electron chi connectivity index (χ4n) is 4.03. The van der Waals surface area contributed by atoms with Crippen molar-refractivity contribution in [1.29, 1.82) is 0 Å². The Morgan fingerprint density at radius 3 is 2.62 bits per heavy atom. The standard InChI is InChI=1S/C21H34N6S.HI/c1-5-19-18(20(6-2)26(4)25-19)13-23-21(22-3)24-17-7-10-27(11-8-17)14-16-9-12-28-15-16;/h9,12,15,17H,5-8,10-11,13-14H2,1-4H3,(H2,22,23,24);1H. The van der Waals surface area contributed by atoms with E-state index in [0.29, 0.717) is 6.04 Å². The van der Waals surface area contributed by atoms with Crippen LogP contribution in [0, 0.1) is 0 Å². The first-order chi connectivity index (χ1) is 13.6. The zero-order chi connectivity index (χ0) is 19.9. The summed E-state index contributed by atoms with van der Waals surface area (Å²) in [5, 5.41) is 16.2. The molecule has 0 spiro atoms. The van der Waals surface area contributed by atoms with Crippen molar-refractivity contribution in [2.24, 2.45) is 12.0 Å². The van der Waals surface area contributed by atoms with Crippen LogP contribution in [0.25, 0.3) is 0 Å². The quantitative estimate of drug-likeness (QED) is 0.327. The molecule has 1 aliphatic rings. The minimum atomic E-state index is 0. The fourth-order valence-corrected chi connectivity index (χ4v) is 4.69. The Morgan fingerprint density at radius 1 is 1.28 bits per heavy atom. The third-order valence-electron chi connectivity index (χ3n) is 5.60. The summed E-state index contributed by atoms with van der Waals surface area (Å²) in [4.78, 5) is 7.00. The zero-order valence-corrected chi connectivity index (χ0v) is 21.2. The second-order valence-electron chi connectivity index (χ2n) is 7.45. The van der Waals surface area contributed by atoms with E-state index in [4.69, 9.17) is 0 Å². The number of rotatable bonds is 7. The maximum Gasteiger partial charge on any atom is 0.191 e. The molecule has 0 radical (unpaired) electrons. The number of nitrogens with one attached hydrogen (secondary N) is 2. The molecule has 0 aromatic carbocycles. The zero-order valence-electron chi connectivity index (χ0n) is 18.1. The van der Waals surface area contributed by atoms with E-state index in [1.807, 2.05) is 18.8 Å². The lowest BCUT2D eigenvalue weighted by molar-refractivity contribution is 0.198. The molecular formula is C21H35IN6S. The van der Waals surface area contributed by atoms with Crippen LogP contribution < -0.4 is 10.6 Å². The monoisotopic (exact) mass is 530 g/mol. The molecule has 2 aromatic heterocycles. The molecular weight excluding hydrogens is 495 g/mol. The van der Waals surface area contributed by atoms with Crippen molar-refractivity contribution >= 4 is 41.3 Å². The van der Waals surface area contributed by atoms with Gasteiger partial charge in [-0.25, -0.2) is 0 Å². The van der Waals surface area contributed by atoms with Gasteiger partial charge in [-0.05, 0) is 48.1 Å². The van der Waals surface area contributed by atoms with Gasteiger partial charge in [0.15, 0.2) is 5.96 Å². The molecule has 8 heteroatoms. The number of aliphatic imine (C=N–C) groups is 1. The molecule has 0 atom stereocenters. The average Bonchev–Trinajstić information content (AvgIpc) is 3.33. The molecule has 1 saturated heterocycles. The average molecular weight is 531 g/mol. The predicted octanol–water partition coefficient (Wildman–Crippen LogP) is 3.55. The van der Waals surface area contributed by atoms with Gasteiger partial charge in [-0.15, -0.1) is 24.0 Å². The molecule has 0 aliphatic carbocycles. The molecule has 2 N–H and O–H groups in total. The molecule has 162 valence electrons. The Kier molecular flexibility index (Phi) is 9.91. The fraction of sp³-hybridized carbons (Fsp3) is 0.619. The van der Waals surface area contributed by atoms with Gasteiger partial charge in [-0.3, -0.25) is 14.6 Å². The first-order valence-electron chi connectivity index (χ1n) is 10.4. The molecule has 3 heterocycles. The molecule has 3 rings (SSSR count). The maximum absolute atomic E-state index is 4.67. The first-order valence-corrected chi connectivity index (χ1v) is 11.3. The summed E-state index contributed by atoms with van der Waals surface area (Å²) < 4.78 is 2.02. The van der Waals surface area contributed by atoms with Crippen molar-refractivity contribution in [2.45, 2.75) is 58.7 Å². The number of nitrogens with zero attached hydrogens (tertiary/aromatic N) is 4. The van der Waals surface area contributed by atoms with Crippen LogP contribution in [-0.4, -0.2) is 46.8 Å². The lowest BCUT2D eigenvalue weighted by Crippen LogP contribution is -2.48. The number of thiophene rings is 1. The van der Waals surface area contributed by atoms with E-state index in [9.17, 15) is 0 Å². The van der Waals surface area contributed by atoms with E-state index in [1.165, 1.54) is 22.5 Å². The van der Waals surface area contributed by atoms with E-state index in [2.05, 4.69) is 56.3 Å². The number of aromatic nitrogens is 2. The Labute approximate surface area is 196 Å². The van der Waals surface area contributed by atoms with E-state index >= 15 is 0 Å². The van der Waals surface area contributed by atoms with E-state index in [1.54, 1.807) is 11.3 Å². The maximum atomic E-state index is 4.67. The summed E-state index contributed by atoms with van der Waals surface area (Å²) in [5.74, 6) is 0.893. The second-order valence-corrected chi connectivity index (χ2v) is 8.23. The smallest absolute Gasteiger partial charge is 0.191 e. The van der Waals surface area contributed by atoms with Crippen LogP contribution in [0.5, 0.6) is 0 Å². The number of likely N-dealkylation sites (tertiary alicyclic amines) is 1. The molecule has 29 heavy (non-hydrogen) atoms. The van der Waals surface area contributed by atoms with Crippen molar-refractivity contribution in [1.82, 2.24) is 25.3 Å². The van der Waals surface area contributed by atoms with Gasteiger partial charge in [0.05, 0.1) is 5.69 Å². The Morgan fingerprint density at radius 2 is 2.03 bits per heavy atom. The molecule has 0 amide bonds. The van der Waals surface area contributed by atoms with Crippen LogP contribution in [0.1, 0.15) is 49.2 Å². The number of piperidine rings is 1. The highest BCUT2D eigenvalue weighted by Crippen LogP contribution is 2.17. The summed E-state index contributed by atoms with van der Waals surface area (Å²) in [7, 11) is 3.89. The molecule has 1 fully saturated rings. The van der Waals surface area contributed by atoms with Crippen molar-refractivity contribution in [3.8, 4) is 0 Å². The Balaban J connectivity index is 0.00000300. The minimum absolute atomic E-state index is 0. The summed E-state index contributed by atoms with van der Waals surface area (Å²) in [6, 6.07) is 2.71. The molecule has 0 unspecified atom stereocenters. The second kappa shape index (κ2) is 11.9. The van der Waals surface area contributed by atoms with Gasteiger partial charge in [-0.1, -0.05) is 13.8 Å². The van der Waals surface area contributed by atoms with Gasteiger partial charge >= 0.3 is 0 Å². The topological polar surface area (TPSA) is 57.5 Å². The lowest BCUT2D eigenvalue weighted by atomic mass is 10.0. The van der Waals surface area contributed by atoms with Gasteiger partial charge in [-0.2, -0.15) is 16.4 Å². The van der Waals surface area contributed by atoms with Crippen molar-refractivity contribution < 1.29 is 0 Å². The van der Waals surface area contributed by atoms with Gasteiger partial charge in [0.25, 0.3) is 0 Å². The van der Waals surface area contributed by atoms with Crippen LogP contribution in [0.2, 0.25) is 0 Å². The van der Waals surface area contributed by atoms with Gasteiger partial charge < -0.3 is 10.6 Å². The normalized spacial score (nSPS) is 15.9. The highest BCUT2D eigenvalue weighted by atomic mass is 127. The van der Waals surface area contributed by atoms with E-state index in [-0.39, 0.29) is 24.0 Å². The van der Waals surface area contributed by atoms with Crippen LogP contribution >= 0.6 is 35.3 Å². The SMILES string of the molecule is CCc1nn(C)c(CC)c1CNC(=NC)NC1CCN(Cc2ccsc2)CC1.I. The van der Waals surface area contributed by atoms with E-state index in [0.717, 1.165) is 57.8 Å². The first kappa shape index (κ1) is 24.1. The third kappa shape index (κ3) is 6.42. The predicted molar refractivity (Wildman–Crippen MR) is 133 cm³/mol. The van der Waals surface area contributed by atoms with Crippen LogP contribution in [0.4, 0.5) is 0 Å². The van der Waals surface area contributed by atoms with Crippen molar-refractivity contribution in [3.63, 3.8) is 0 Å². The summed E-state index contributed by atoms with van der Waals surface area (Å²) in [6.45, 7) is 8.47. The molecule has 1 aliphatic heterocycles. The van der Waals surface area contributed by atoms with Crippen molar-refractivity contribution in [3.05, 3.63) is 39.3 Å². The van der Waals surface area contributed by atoms with Crippen LogP contribution in [-0.2, 0) is 33.0 Å². The molecule has 0 saturated carbocycles.